The Morgan fingerprint density at radius 3 is 2.89 bits per heavy atom. The Labute approximate surface area is 102 Å². The summed E-state index contributed by atoms with van der Waals surface area (Å²) in [5.41, 5.74) is 2.14. The van der Waals surface area contributed by atoms with Crippen LogP contribution in [-0.2, 0) is 0 Å². The smallest absolute Gasteiger partial charge is 0.275 e. The summed E-state index contributed by atoms with van der Waals surface area (Å²) in [6.07, 6.45) is 2.79. The monoisotopic (exact) mass is 246 g/mol. The highest BCUT2D eigenvalue weighted by molar-refractivity contribution is 5.97. The van der Waals surface area contributed by atoms with Crippen LogP contribution in [-0.4, -0.2) is 22.3 Å². The SMILES string of the molecule is O=C(N/N=C/c1ccco1)c1cc(O)ccc1O. The first-order valence-corrected chi connectivity index (χ1v) is 5.06. The largest absolute Gasteiger partial charge is 0.508 e. The van der Waals surface area contributed by atoms with Gasteiger partial charge in [-0.1, -0.05) is 0 Å². The van der Waals surface area contributed by atoms with Crippen LogP contribution in [0.2, 0.25) is 0 Å². The van der Waals surface area contributed by atoms with Gasteiger partial charge in [0.2, 0.25) is 0 Å². The van der Waals surface area contributed by atoms with Gasteiger partial charge in [0, 0.05) is 0 Å². The van der Waals surface area contributed by atoms with E-state index in [9.17, 15) is 15.0 Å². The highest BCUT2D eigenvalue weighted by atomic mass is 16.3. The number of furan rings is 1. The Hall–Kier alpha value is -2.76. The van der Waals surface area contributed by atoms with Crippen molar-refractivity contribution in [1.29, 1.82) is 0 Å². The van der Waals surface area contributed by atoms with E-state index in [0.717, 1.165) is 6.07 Å². The maximum Gasteiger partial charge on any atom is 0.275 e. The zero-order valence-corrected chi connectivity index (χ0v) is 9.20. The summed E-state index contributed by atoms with van der Waals surface area (Å²) in [4.78, 5) is 11.6. The molecule has 3 N–H and O–H groups in total. The van der Waals surface area contributed by atoms with Gasteiger partial charge < -0.3 is 14.6 Å². The van der Waals surface area contributed by atoms with E-state index < -0.39 is 5.91 Å². The number of hydrazone groups is 1. The molecule has 1 aromatic carbocycles. The molecule has 6 heteroatoms. The van der Waals surface area contributed by atoms with Crippen molar-refractivity contribution in [3.8, 4) is 11.5 Å². The van der Waals surface area contributed by atoms with Gasteiger partial charge in [-0.3, -0.25) is 4.79 Å². The van der Waals surface area contributed by atoms with Crippen LogP contribution in [0.1, 0.15) is 16.1 Å². The van der Waals surface area contributed by atoms with Crippen molar-refractivity contribution < 1.29 is 19.4 Å². The van der Waals surface area contributed by atoms with Gasteiger partial charge in [0.15, 0.2) is 0 Å². The van der Waals surface area contributed by atoms with E-state index in [0.29, 0.717) is 5.76 Å². The zero-order chi connectivity index (χ0) is 13.0. The van der Waals surface area contributed by atoms with Crippen LogP contribution in [0.3, 0.4) is 0 Å². The summed E-state index contributed by atoms with van der Waals surface area (Å²) >= 11 is 0. The minimum Gasteiger partial charge on any atom is -0.508 e. The first kappa shape index (κ1) is 11.7. The second-order valence-electron chi connectivity index (χ2n) is 3.42. The van der Waals surface area contributed by atoms with E-state index >= 15 is 0 Å². The number of phenolic OH excluding ortho intramolecular Hbond substituents is 2. The minimum absolute atomic E-state index is 0.0633. The zero-order valence-electron chi connectivity index (χ0n) is 9.20. The van der Waals surface area contributed by atoms with E-state index in [1.807, 2.05) is 0 Å². The predicted octanol–water partition coefficient (Wildman–Crippen LogP) is 1.45. The summed E-state index contributed by atoms with van der Waals surface area (Å²) in [5, 5.41) is 22.3. The van der Waals surface area contributed by atoms with E-state index in [-0.39, 0.29) is 17.1 Å². The third-order valence-electron chi connectivity index (χ3n) is 2.13. The molecular formula is C12H10N2O4. The fourth-order valence-corrected chi connectivity index (χ4v) is 1.29. The van der Waals surface area contributed by atoms with Crippen LogP contribution in [0.5, 0.6) is 11.5 Å². The van der Waals surface area contributed by atoms with Crippen molar-refractivity contribution in [2.75, 3.05) is 0 Å². The second-order valence-corrected chi connectivity index (χ2v) is 3.42. The van der Waals surface area contributed by atoms with Gasteiger partial charge in [-0.15, -0.1) is 0 Å². The fraction of sp³-hybridized carbons (Fsp3) is 0. The van der Waals surface area contributed by atoms with Crippen molar-refractivity contribution in [2.24, 2.45) is 5.10 Å². The number of hydrogen-bond acceptors (Lipinski definition) is 5. The van der Waals surface area contributed by atoms with E-state index in [4.69, 9.17) is 4.42 Å². The first-order valence-electron chi connectivity index (χ1n) is 5.06. The van der Waals surface area contributed by atoms with Gasteiger partial charge in [0.1, 0.15) is 17.3 Å². The molecule has 6 nitrogen and oxygen atoms in total. The molecule has 0 bridgehead atoms. The van der Waals surface area contributed by atoms with E-state index in [2.05, 4.69) is 10.5 Å². The van der Waals surface area contributed by atoms with Crippen LogP contribution < -0.4 is 5.43 Å². The molecule has 0 saturated heterocycles. The number of amides is 1. The fourth-order valence-electron chi connectivity index (χ4n) is 1.29. The molecule has 0 radical (unpaired) electrons. The Bertz CT molecular complexity index is 576. The highest BCUT2D eigenvalue weighted by Gasteiger charge is 2.10. The predicted molar refractivity (Wildman–Crippen MR) is 63.5 cm³/mol. The van der Waals surface area contributed by atoms with Crippen molar-refractivity contribution in [1.82, 2.24) is 5.43 Å². The number of carbonyl (C=O) groups is 1. The number of rotatable bonds is 3. The van der Waals surface area contributed by atoms with Gasteiger partial charge in [-0.05, 0) is 30.3 Å². The third-order valence-corrected chi connectivity index (χ3v) is 2.13. The quantitative estimate of drug-likeness (QED) is 0.434. The van der Waals surface area contributed by atoms with Crippen molar-refractivity contribution in [3.05, 3.63) is 47.9 Å². The molecule has 0 unspecified atom stereocenters. The number of phenols is 2. The lowest BCUT2D eigenvalue weighted by Gasteiger charge is -2.02. The normalized spacial score (nSPS) is 10.7. The molecule has 1 heterocycles. The maximum atomic E-state index is 11.6. The molecule has 1 aromatic heterocycles. The molecule has 2 aromatic rings. The highest BCUT2D eigenvalue weighted by Crippen LogP contribution is 2.21. The summed E-state index contributed by atoms with van der Waals surface area (Å²) in [7, 11) is 0. The topological polar surface area (TPSA) is 95.1 Å². The molecule has 1 amide bonds. The number of aromatic hydroxyl groups is 2. The number of benzene rings is 1. The van der Waals surface area contributed by atoms with Crippen LogP contribution in [0.4, 0.5) is 0 Å². The molecule has 0 aliphatic carbocycles. The van der Waals surface area contributed by atoms with E-state index in [1.165, 1.54) is 24.6 Å². The van der Waals surface area contributed by atoms with E-state index in [1.54, 1.807) is 12.1 Å². The third kappa shape index (κ3) is 2.67. The lowest BCUT2D eigenvalue weighted by molar-refractivity contribution is 0.0952. The van der Waals surface area contributed by atoms with Gasteiger partial charge in [-0.2, -0.15) is 5.10 Å². The molecule has 0 atom stereocenters. The molecule has 0 fully saturated rings. The molecular weight excluding hydrogens is 236 g/mol. The number of carbonyl (C=O) groups excluding carboxylic acids is 1. The Morgan fingerprint density at radius 2 is 2.17 bits per heavy atom. The van der Waals surface area contributed by atoms with Crippen molar-refractivity contribution >= 4 is 12.1 Å². The van der Waals surface area contributed by atoms with Crippen LogP contribution >= 0.6 is 0 Å². The second kappa shape index (κ2) is 5.05. The molecule has 0 spiro atoms. The molecule has 0 saturated carbocycles. The first-order chi connectivity index (χ1) is 8.66. The summed E-state index contributed by atoms with van der Waals surface area (Å²) in [5.74, 6) is -0.506. The lowest BCUT2D eigenvalue weighted by atomic mass is 10.2. The standard InChI is InChI=1S/C12H10N2O4/c15-8-3-4-11(16)10(6-8)12(17)14-13-7-9-2-1-5-18-9/h1-7,15-16H,(H,14,17)/b13-7+. The maximum absolute atomic E-state index is 11.6. The summed E-state index contributed by atoms with van der Waals surface area (Å²) in [6.45, 7) is 0. The van der Waals surface area contributed by atoms with Crippen LogP contribution in [0.25, 0.3) is 0 Å². The summed E-state index contributed by atoms with van der Waals surface area (Å²) in [6, 6.07) is 7.00. The van der Waals surface area contributed by atoms with Gasteiger partial charge >= 0.3 is 0 Å². The molecule has 92 valence electrons. The summed E-state index contributed by atoms with van der Waals surface area (Å²) < 4.78 is 4.97. The van der Waals surface area contributed by atoms with Crippen molar-refractivity contribution in [3.63, 3.8) is 0 Å². The molecule has 18 heavy (non-hydrogen) atoms. The Kier molecular flexibility index (Phi) is 3.29. The average molecular weight is 246 g/mol. The van der Waals surface area contributed by atoms with Crippen LogP contribution in [0.15, 0.2) is 46.1 Å². The molecule has 0 aliphatic rings. The molecule has 2 rings (SSSR count). The van der Waals surface area contributed by atoms with Gasteiger partial charge in [-0.25, -0.2) is 5.43 Å². The minimum atomic E-state index is -0.633. The van der Waals surface area contributed by atoms with Gasteiger partial charge in [0.25, 0.3) is 5.91 Å². The van der Waals surface area contributed by atoms with Crippen molar-refractivity contribution in [2.45, 2.75) is 0 Å². The molecule has 0 aliphatic heterocycles. The van der Waals surface area contributed by atoms with Crippen LogP contribution in [0, 0.1) is 0 Å². The number of nitrogens with one attached hydrogen (secondary N) is 1. The Balaban J connectivity index is 2.06. The Morgan fingerprint density at radius 1 is 1.33 bits per heavy atom. The number of hydrogen-bond donors (Lipinski definition) is 3. The number of nitrogens with zero attached hydrogens (tertiary/aromatic N) is 1. The van der Waals surface area contributed by atoms with Gasteiger partial charge in [0.05, 0.1) is 18.0 Å². The average Bonchev–Trinajstić information content (AvgIpc) is 2.85. The lowest BCUT2D eigenvalue weighted by Crippen LogP contribution is -2.17.